The first-order valence-electron chi connectivity index (χ1n) is 4.21. The predicted octanol–water partition coefficient (Wildman–Crippen LogP) is 3.66. The van der Waals surface area contributed by atoms with Crippen LogP contribution < -0.4 is 4.74 Å². The predicted molar refractivity (Wildman–Crippen MR) is 59.0 cm³/mol. The summed E-state index contributed by atoms with van der Waals surface area (Å²) in [5, 5.41) is 0.637. The lowest BCUT2D eigenvalue weighted by Crippen LogP contribution is -2.04. The minimum absolute atomic E-state index is 0.500. The summed E-state index contributed by atoms with van der Waals surface area (Å²) in [6, 6.07) is 5.46. The van der Waals surface area contributed by atoms with Crippen LogP contribution in [-0.2, 0) is 0 Å². The second kappa shape index (κ2) is 4.77. The van der Waals surface area contributed by atoms with Crippen LogP contribution in [0.1, 0.15) is 13.8 Å². The van der Waals surface area contributed by atoms with E-state index in [1.54, 1.807) is 6.07 Å². The van der Waals surface area contributed by atoms with Crippen LogP contribution in [-0.4, -0.2) is 6.61 Å². The van der Waals surface area contributed by atoms with Crippen molar-refractivity contribution in [1.29, 1.82) is 0 Å². The Morgan fingerprint density at radius 2 is 2.15 bits per heavy atom. The molecule has 13 heavy (non-hydrogen) atoms. The highest BCUT2D eigenvalue weighted by Crippen LogP contribution is 2.27. The molecule has 0 aliphatic carbocycles. The van der Waals surface area contributed by atoms with E-state index in [9.17, 15) is 0 Å². The fourth-order valence-electron chi connectivity index (χ4n) is 0.859. The van der Waals surface area contributed by atoms with Crippen molar-refractivity contribution in [2.45, 2.75) is 18.7 Å². The molecule has 3 heteroatoms. The third kappa shape index (κ3) is 3.49. The molecule has 1 nitrogen and oxygen atoms in total. The topological polar surface area (TPSA) is 9.23 Å². The quantitative estimate of drug-likeness (QED) is 0.759. The maximum Gasteiger partial charge on any atom is 0.138 e. The number of halogens is 1. The highest BCUT2D eigenvalue weighted by Gasteiger charge is 2.02. The first-order chi connectivity index (χ1) is 6.09. The molecule has 1 aromatic rings. The van der Waals surface area contributed by atoms with Crippen molar-refractivity contribution >= 4 is 24.2 Å². The summed E-state index contributed by atoms with van der Waals surface area (Å²) in [4.78, 5) is 0.864. The highest BCUT2D eigenvalue weighted by atomic mass is 35.5. The summed E-state index contributed by atoms with van der Waals surface area (Å²) in [6.07, 6.45) is 0. The van der Waals surface area contributed by atoms with Gasteiger partial charge < -0.3 is 4.74 Å². The number of hydrogen-bond acceptors (Lipinski definition) is 2. The minimum Gasteiger partial charge on any atom is -0.492 e. The second-order valence-corrected chi connectivity index (χ2v) is 4.24. The first kappa shape index (κ1) is 10.7. The molecule has 0 unspecified atom stereocenters. The van der Waals surface area contributed by atoms with Crippen molar-refractivity contribution in [2.75, 3.05) is 6.61 Å². The summed E-state index contributed by atoms with van der Waals surface area (Å²) in [5.41, 5.74) is 0. The average Bonchev–Trinajstić information content (AvgIpc) is 2.06. The Morgan fingerprint density at radius 3 is 2.77 bits per heavy atom. The molecule has 0 aliphatic heterocycles. The maximum absolute atomic E-state index is 5.92. The Morgan fingerprint density at radius 1 is 1.46 bits per heavy atom. The molecule has 1 rings (SSSR count). The summed E-state index contributed by atoms with van der Waals surface area (Å²) < 4.78 is 5.50. The van der Waals surface area contributed by atoms with Crippen LogP contribution >= 0.6 is 24.2 Å². The lowest BCUT2D eigenvalue weighted by Gasteiger charge is -2.10. The fourth-order valence-corrected chi connectivity index (χ4v) is 1.22. The van der Waals surface area contributed by atoms with Crippen LogP contribution in [0.2, 0.25) is 5.02 Å². The normalized spacial score (nSPS) is 10.5. The van der Waals surface area contributed by atoms with Gasteiger partial charge in [-0.15, -0.1) is 12.6 Å². The van der Waals surface area contributed by atoms with Gasteiger partial charge in [0.2, 0.25) is 0 Å². The van der Waals surface area contributed by atoms with E-state index in [2.05, 4.69) is 26.5 Å². The van der Waals surface area contributed by atoms with Crippen molar-refractivity contribution in [3.05, 3.63) is 23.2 Å². The van der Waals surface area contributed by atoms with Crippen molar-refractivity contribution in [3.63, 3.8) is 0 Å². The van der Waals surface area contributed by atoms with Crippen LogP contribution in [0, 0.1) is 5.92 Å². The highest BCUT2D eigenvalue weighted by molar-refractivity contribution is 7.80. The van der Waals surface area contributed by atoms with Gasteiger partial charge in [0, 0.05) is 4.90 Å². The molecule has 0 radical (unpaired) electrons. The summed E-state index contributed by atoms with van der Waals surface area (Å²) in [7, 11) is 0. The van der Waals surface area contributed by atoms with E-state index in [1.165, 1.54) is 0 Å². The Kier molecular flexibility index (Phi) is 3.94. The standard InChI is InChI=1S/C10H13ClOS/c1-7(2)6-12-10-5-8(13)3-4-9(10)11/h3-5,7,13H,6H2,1-2H3. The van der Waals surface area contributed by atoms with Gasteiger partial charge in [-0.25, -0.2) is 0 Å². The monoisotopic (exact) mass is 216 g/mol. The molecular weight excluding hydrogens is 204 g/mol. The lowest BCUT2D eigenvalue weighted by molar-refractivity contribution is 0.270. The Hall–Kier alpha value is -0.340. The summed E-state index contributed by atoms with van der Waals surface area (Å²) in [6.45, 7) is 4.87. The third-order valence-electron chi connectivity index (χ3n) is 1.49. The molecule has 72 valence electrons. The van der Waals surface area contributed by atoms with Gasteiger partial charge in [0.1, 0.15) is 5.75 Å². The molecule has 0 bridgehead atoms. The van der Waals surface area contributed by atoms with E-state index in [0.29, 0.717) is 23.3 Å². The molecular formula is C10H13ClOS. The first-order valence-corrected chi connectivity index (χ1v) is 5.03. The molecule has 0 saturated carbocycles. The van der Waals surface area contributed by atoms with Gasteiger partial charge in [0.15, 0.2) is 0 Å². The van der Waals surface area contributed by atoms with Crippen molar-refractivity contribution in [2.24, 2.45) is 5.92 Å². The fraction of sp³-hybridized carbons (Fsp3) is 0.400. The zero-order chi connectivity index (χ0) is 9.84. The molecule has 0 atom stereocenters. The van der Waals surface area contributed by atoms with Crippen LogP contribution in [0.4, 0.5) is 0 Å². The van der Waals surface area contributed by atoms with Crippen LogP contribution in [0.3, 0.4) is 0 Å². The minimum atomic E-state index is 0.500. The van der Waals surface area contributed by atoms with E-state index in [4.69, 9.17) is 16.3 Å². The number of thiol groups is 1. The maximum atomic E-state index is 5.92. The Labute approximate surface area is 89.5 Å². The Balaban J connectivity index is 2.70. The SMILES string of the molecule is CC(C)COc1cc(S)ccc1Cl. The molecule has 1 aromatic carbocycles. The Bertz CT molecular complexity index is 286. The molecule has 0 spiro atoms. The molecule has 0 aromatic heterocycles. The molecule has 0 N–H and O–H groups in total. The zero-order valence-corrected chi connectivity index (χ0v) is 9.40. The number of rotatable bonds is 3. The van der Waals surface area contributed by atoms with Gasteiger partial charge in [0.25, 0.3) is 0 Å². The molecule has 0 fully saturated rings. The largest absolute Gasteiger partial charge is 0.492 e. The van der Waals surface area contributed by atoms with Gasteiger partial charge in [-0.2, -0.15) is 0 Å². The van der Waals surface area contributed by atoms with E-state index < -0.39 is 0 Å². The number of hydrogen-bond donors (Lipinski definition) is 1. The molecule has 0 aliphatic rings. The lowest BCUT2D eigenvalue weighted by atomic mass is 10.2. The van der Waals surface area contributed by atoms with E-state index in [0.717, 1.165) is 4.90 Å². The van der Waals surface area contributed by atoms with E-state index in [1.807, 2.05) is 12.1 Å². The molecule has 0 amide bonds. The third-order valence-corrected chi connectivity index (χ3v) is 2.08. The van der Waals surface area contributed by atoms with Crippen LogP contribution in [0.15, 0.2) is 23.1 Å². The summed E-state index contributed by atoms with van der Waals surface area (Å²) in [5.74, 6) is 1.21. The van der Waals surface area contributed by atoms with Crippen LogP contribution in [0.5, 0.6) is 5.75 Å². The summed E-state index contributed by atoms with van der Waals surface area (Å²) >= 11 is 10.1. The second-order valence-electron chi connectivity index (χ2n) is 3.32. The van der Waals surface area contributed by atoms with E-state index >= 15 is 0 Å². The molecule has 0 saturated heterocycles. The van der Waals surface area contributed by atoms with Crippen LogP contribution in [0.25, 0.3) is 0 Å². The average molecular weight is 217 g/mol. The van der Waals surface area contributed by atoms with Crippen molar-refractivity contribution in [3.8, 4) is 5.75 Å². The smallest absolute Gasteiger partial charge is 0.138 e. The van der Waals surface area contributed by atoms with Gasteiger partial charge in [-0.3, -0.25) is 0 Å². The van der Waals surface area contributed by atoms with Gasteiger partial charge in [-0.1, -0.05) is 25.4 Å². The van der Waals surface area contributed by atoms with E-state index in [-0.39, 0.29) is 0 Å². The van der Waals surface area contributed by atoms with Crippen molar-refractivity contribution < 1.29 is 4.74 Å². The van der Waals surface area contributed by atoms with Gasteiger partial charge in [0.05, 0.1) is 11.6 Å². The number of benzene rings is 1. The zero-order valence-electron chi connectivity index (χ0n) is 7.75. The van der Waals surface area contributed by atoms with Crippen molar-refractivity contribution in [1.82, 2.24) is 0 Å². The molecule has 0 heterocycles. The van der Waals surface area contributed by atoms with Gasteiger partial charge in [-0.05, 0) is 24.1 Å². The van der Waals surface area contributed by atoms with Gasteiger partial charge >= 0.3 is 0 Å². The number of ether oxygens (including phenoxy) is 1.